The summed E-state index contributed by atoms with van der Waals surface area (Å²) in [4.78, 5) is 18.7. The third kappa shape index (κ3) is 3.67. The van der Waals surface area contributed by atoms with Gasteiger partial charge >= 0.3 is 0 Å². The smallest absolute Gasteiger partial charge is 0.242 e. The van der Waals surface area contributed by atoms with Crippen molar-refractivity contribution in [2.24, 2.45) is 5.92 Å². The maximum Gasteiger partial charge on any atom is 0.242 e. The molecule has 1 aromatic heterocycles. The number of rotatable bonds is 6. The number of ether oxygens (including phenoxy) is 1. The van der Waals surface area contributed by atoms with Gasteiger partial charge in [0.05, 0.1) is 6.61 Å². The van der Waals surface area contributed by atoms with Gasteiger partial charge in [0.15, 0.2) is 0 Å². The minimum absolute atomic E-state index is 0.0959. The lowest BCUT2D eigenvalue weighted by atomic mass is 10.0. The molecule has 1 aromatic rings. The molecule has 1 aliphatic rings. The van der Waals surface area contributed by atoms with Crippen molar-refractivity contribution in [1.29, 1.82) is 0 Å². The fourth-order valence-corrected chi connectivity index (χ4v) is 3.07. The number of carbonyl (C=O) groups excluding carboxylic acids is 1. The molecule has 1 saturated heterocycles. The predicted molar refractivity (Wildman–Crippen MR) is 79.1 cm³/mol. The summed E-state index contributed by atoms with van der Waals surface area (Å²) in [6.45, 7) is 6.34. The number of piperazine rings is 1. The Bertz CT molecular complexity index is 449. The average molecular weight is 298 g/mol. The van der Waals surface area contributed by atoms with Crippen LogP contribution < -0.4 is 10.2 Å². The molecule has 112 valence electrons. The second-order valence-electron chi connectivity index (χ2n) is 5.37. The van der Waals surface area contributed by atoms with E-state index in [1.807, 2.05) is 0 Å². The van der Waals surface area contributed by atoms with Gasteiger partial charge in [-0.25, -0.2) is 4.98 Å². The van der Waals surface area contributed by atoms with Crippen LogP contribution in [0.1, 0.15) is 26.1 Å². The number of nitrogens with zero attached hydrogens (tertiary/aromatic N) is 3. The van der Waals surface area contributed by atoms with Gasteiger partial charge in [-0.05, 0) is 12.3 Å². The molecule has 0 aromatic carbocycles. The van der Waals surface area contributed by atoms with Gasteiger partial charge in [-0.2, -0.15) is 4.37 Å². The van der Waals surface area contributed by atoms with Gasteiger partial charge in [0, 0.05) is 38.2 Å². The largest absolute Gasteiger partial charge is 0.384 e. The van der Waals surface area contributed by atoms with Crippen molar-refractivity contribution in [3.05, 3.63) is 5.82 Å². The van der Waals surface area contributed by atoms with E-state index in [1.54, 1.807) is 7.11 Å². The normalized spacial score (nSPS) is 19.5. The van der Waals surface area contributed by atoms with E-state index < -0.39 is 0 Å². The summed E-state index contributed by atoms with van der Waals surface area (Å²) in [5, 5.41) is 3.78. The number of methoxy groups -OCH3 is 1. The van der Waals surface area contributed by atoms with Crippen LogP contribution in [0.2, 0.25) is 0 Å². The Hall–Kier alpha value is -1.21. The third-order valence-corrected chi connectivity index (χ3v) is 4.05. The van der Waals surface area contributed by atoms with Crippen LogP contribution in [0.25, 0.3) is 0 Å². The standard InChI is InChI=1S/C13H22N4O2S/c1-9(2)8-10-12(18)14-5-6-17(10)13-15-11(16-20-13)4-7-19-3/h9-10H,4-8H2,1-3H3,(H,14,18). The van der Waals surface area contributed by atoms with Gasteiger partial charge in [-0.1, -0.05) is 13.8 Å². The Morgan fingerprint density at radius 3 is 3.05 bits per heavy atom. The van der Waals surface area contributed by atoms with E-state index in [0.29, 0.717) is 25.5 Å². The third-order valence-electron chi connectivity index (χ3n) is 3.26. The fourth-order valence-electron chi connectivity index (χ4n) is 2.28. The molecular weight excluding hydrogens is 276 g/mol. The van der Waals surface area contributed by atoms with Crippen molar-refractivity contribution in [2.75, 3.05) is 31.7 Å². The summed E-state index contributed by atoms with van der Waals surface area (Å²) in [6, 6.07) is -0.132. The van der Waals surface area contributed by atoms with Crippen molar-refractivity contribution in [2.45, 2.75) is 32.7 Å². The van der Waals surface area contributed by atoms with Gasteiger partial charge in [0.1, 0.15) is 11.9 Å². The van der Waals surface area contributed by atoms with Crippen LogP contribution in [-0.2, 0) is 16.0 Å². The number of hydrogen-bond donors (Lipinski definition) is 1. The van der Waals surface area contributed by atoms with Crippen LogP contribution >= 0.6 is 11.5 Å². The topological polar surface area (TPSA) is 67.3 Å². The van der Waals surface area contributed by atoms with E-state index in [9.17, 15) is 4.79 Å². The highest BCUT2D eigenvalue weighted by Gasteiger charge is 2.32. The van der Waals surface area contributed by atoms with E-state index in [-0.39, 0.29) is 11.9 Å². The molecule has 7 heteroatoms. The lowest BCUT2D eigenvalue weighted by molar-refractivity contribution is -0.123. The number of carbonyl (C=O) groups is 1. The molecule has 1 fully saturated rings. The first-order valence-corrected chi connectivity index (χ1v) is 7.75. The molecule has 2 heterocycles. The quantitative estimate of drug-likeness (QED) is 0.851. The Morgan fingerprint density at radius 2 is 2.35 bits per heavy atom. The summed E-state index contributed by atoms with van der Waals surface area (Å²) in [5.41, 5.74) is 0. The lowest BCUT2D eigenvalue weighted by Gasteiger charge is -2.35. The molecule has 1 amide bonds. The summed E-state index contributed by atoms with van der Waals surface area (Å²) in [6.07, 6.45) is 1.54. The van der Waals surface area contributed by atoms with Gasteiger partial charge in [-0.15, -0.1) is 0 Å². The van der Waals surface area contributed by atoms with E-state index in [4.69, 9.17) is 4.74 Å². The molecule has 1 N–H and O–H groups in total. The molecule has 6 nitrogen and oxygen atoms in total. The van der Waals surface area contributed by atoms with Crippen LogP contribution in [0.3, 0.4) is 0 Å². The SMILES string of the molecule is COCCc1nsc(N2CCNC(=O)C2CC(C)C)n1. The zero-order valence-corrected chi connectivity index (χ0v) is 13.1. The van der Waals surface area contributed by atoms with Crippen molar-refractivity contribution in [3.8, 4) is 0 Å². The molecule has 0 saturated carbocycles. The highest BCUT2D eigenvalue weighted by molar-refractivity contribution is 7.09. The summed E-state index contributed by atoms with van der Waals surface area (Å²) in [7, 11) is 1.67. The van der Waals surface area contributed by atoms with E-state index in [0.717, 1.165) is 23.9 Å². The molecule has 0 aliphatic carbocycles. The average Bonchev–Trinajstić information content (AvgIpc) is 2.87. The van der Waals surface area contributed by atoms with Crippen molar-refractivity contribution >= 4 is 22.6 Å². The van der Waals surface area contributed by atoms with Crippen LogP contribution in [0.5, 0.6) is 0 Å². The number of anilines is 1. The first kappa shape index (κ1) is 15.2. The van der Waals surface area contributed by atoms with Crippen LogP contribution in [-0.4, -0.2) is 48.1 Å². The lowest BCUT2D eigenvalue weighted by Crippen LogP contribution is -2.55. The van der Waals surface area contributed by atoms with Gasteiger partial charge in [0.25, 0.3) is 0 Å². The fraction of sp³-hybridized carbons (Fsp3) is 0.769. The summed E-state index contributed by atoms with van der Waals surface area (Å²) >= 11 is 1.37. The molecular formula is C13H22N4O2S. The molecule has 0 bridgehead atoms. The van der Waals surface area contributed by atoms with Gasteiger partial charge < -0.3 is 15.0 Å². The van der Waals surface area contributed by atoms with Gasteiger partial charge in [-0.3, -0.25) is 4.79 Å². The molecule has 0 spiro atoms. The minimum atomic E-state index is -0.132. The second-order valence-corrected chi connectivity index (χ2v) is 6.10. The van der Waals surface area contributed by atoms with Crippen LogP contribution in [0, 0.1) is 5.92 Å². The first-order chi connectivity index (χ1) is 9.61. The molecule has 1 unspecified atom stereocenters. The Kier molecular flexibility index (Phi) is 5.31. The number of aromatic nitrogens is 2. The first-order valence-electron chi connectivity index (χ1n) is 6.97. The molecule has 0 radical (unpaired) electrons. The van der Waals surface area contributed by atoms with Crippen molar-refractivity contribution < 1.29 is 9.53 Å². The monoisotopic (exact) mass is 298 g/mol. The highest BCUT2D eigenvalue weighted by atomic mass is 32.1. The predicted octanol–water partition coefficient (Wildman–Crippen LogP) is 1.08. The maximum atomic E-state index is 12.1. The highest BCUT2D eigenvalue weighted by Crippen LogP contribution is 2.24. The summed E-state index contributed by atoms with van der Waals surface area (Å²) in [5.74, 6) is 1.35. The van der Waals surface area contributed by atoms with Gasteiger partial charge in [0.2, 0.25) is 11.0 Å². The van der Waals surface area contributed by atoms with E-state index >= 15 is 0 Å². The Balaban J connectivity index is 2.11. The molecule has 1 aliphatic heterocycles. The molecule has 20 heavy (non-hydrogen) atoms. The van der Waals surface area contributed by atoms with Crippen molar-refractivity contribution in [1.82, 2.24) is 14.7 Å². The zero-order chi connectivity index (χ0) is 14.5. The molecule has 2 rings (SSSR count). The van der Waals surface area contributed by atoms with Crippen LogP contribution in [0.4, 0.5) is 5.13 Å². The minimum Gasteiger partial charge on any atom is -0.384 e. The Morgan fingerprint density at radius 1 is 1.55 bits per heavy atom. The van der Waals surface area contributed by atoms with Crippen LogP contribution in [0.15, 0.2) is 0 Å². The zero-order valence-electron chi connectivity index (χ0n) is 12.3. The number of hydrogen-bond acceptors (Lipinski definition) is 6. The summed E-state index contributed by atoms with van der Waals surface area (Å²) < 4.78 is 9.38. The van der Waals surface area contributed by atoms with Crippen molar-refractivity contribution in [3.63, 3.8) is 0 Å². The van der Waals surface area contributed by atoms with E-state index in [2.05, 4.69) is 33.4 Å². The number of amides is 1. The second kappa shape index (κ2) is 6.99. The Labute approximate surface area is 123 Å². The maximum absolute atomic E-state index is 12.1. The van der Waals surface area contributed by atoms with E-state index in [1.165, 1.54) is 11.5 Å². The molecule has 1 atom stereocenters. The number of nitrogens with one attached hydrogen (secondary N) is 1.